The van der Waals surface area contributed by atoms with Gasteiger partial charge in [0.2, 0.25) is 5.89 Å². The lowest BCUT2D eigenvalue weighted by atomic mass is 10.1. The van der Waals surface area contributed by atoms with E-state index in [4.69, 9.17) is 16.8 Å². The molecule has 0 saturated carbocycles. The number of benzene rings is 1. The van der Waals surface area contributed by atoms with Crippen molar-refractivity contribution in [1.29, 1.82) is 0 Å². The first-order valence-corrected chi connectivity index (χ1v) is 7.64. The molecule has 3 N–H and O–H groups in total. The van der Waals surface area contributed by atoms with Gasteiger partial charge in [-0.3, -0.25) is 0 Å². The van der Waals surface area contributed by atoms with E-state index in [0.29, 0.717) is 11.0 Å². The summed E-state index contributed by atoms with van der Waals surface area (Å²) in [7, 11) is 0. The van der Waals surface area contributed by atoms with Gasteiger partial charge in [0.05, 0.1) is 25.2 Å². The molecule has 156 valence electrons. The van der Waals surface area contributed by atoms with E-state index in [1.165, 1.54) is 0 Å². The van der Waals surface area contributed by atoms with Crippen molar-refractivity contribution in [3.63, 3.8) is 0 Å². The predicted molar refractivity (Wildman–Crippen MR) is 85.5 cm³/mol. The van der Waals surface area contributed by atoms with E-state index in [9.17, 15) is 31.1 Å². The van der Waals surface area contributed by atoms with Crippen LogP contribution in [0.2, 0.25) is 0 Å². The Labute approximate surface area is 159 Å². The predicted octanol–water partition coefficient (Wildman–Crippen LogP) is 3.38. The van der Waals surface area contributed by atoms with Crippen molar-refractivity contribution < 1.29 is 35.7 Å². The van der Waals surface area contributed by atoms with Crippen molar-refractivity contribution in [3.8, 4) is 0 Å². The number of halogens is 6. The number of anilines is 1. The smallest absolute Gasteiger partial charge is 0.355 e. The minimum Gasteiger partial charge on any atom is -0.355 e. The fraction of sp³-hybridized carbons (Fsp3) is 0.333. The Morgan fingerprint density at radius 3 is 2.52 bits per heavy atom. The number of nitrogens with one attached hydrogen (secondary N) is 1. The molecule has 0 aliphatic carbocycles. The molecule has 0 fully saturated rings. The van der Waals surface area contributed by atoms with Crippen LogP contribution in [0.25, 0.3) is 4.85 Å². The van der Waals surface area contributed by atoms with Gasteiger partial charge in [0, 0.05) is 5.69 Å². The molecule has 0 atom stereocenters. The summed E-state index contributed by atoms with van der Waals surface area (Å²) in [5.74, 6) is -0.427. The van der Waals surface area contributed by atoms with E-state index >= 15 is 0 Å². The molecule has 0 spiro atoms. The normalized spacial score (nSPS) is 11.8. The Morgan fingerprint density at radius 2 is 1.97 bits per heavy atom. The highest BCUT2D eigenvalue weighted by Crippen LogP contribution is 2.39. The lowest BCUT2D eigenvalue weighted by molar-refractivity contribution is -0.136. The van der Waals surface area contributed by atoms with Gasteiger partial charge in [-0.05, 0) is 12.1 Å². The Balaban J connectivity index is 2.34. The van der Waals surface area contributed by atoms with Crippen LogP contribution in [0.3, 0.4) is 0 Å². The molecule has 29 heavy (non-hydrogen) atoms. The van der Waals surface area contributed by atoms with Crippen LogP contribution in [0.15, 0.2) is 22.7 Å². The molecule has 1 aromatic carbocycles. The van der Waals surface area contributed by atoms with Gasteiger partial charge in [0.15, 0.2) is 11.5 Å². The second-order valence-electron chi connectivity index (χ2n) is 5.60. The Hall–Kier alpha value is -3.50. The zero-order valence-electron chi connectivity index (χ0n) is 14.3. The molecule has 0 aliphatic heterocycles. The third kappa shape index (κ3) is 6.26. The minimum absolute atomic E-state index is 0.162. The first kappa shape index (κ1) is 21.8. The highest BCUT2D eigenvalue weighted by atomic mass is 19.4. The van der Waals surface area contributed by atoms with Gasteiger partial charge in [-0.15, -0.1) is 0 Å². The number of urea groups is 1. The van der Waals surface area contributed by atoms with Crippen molar-refractivity contribution in [2.24, 2.45) is 5.73 Å². The van der Waals surface area contributed by atoms with Gasteiger partial charge in [-0.1, -0.05) is 11.2 Å². The molecule has 14 heteroatoms. The first-order valence-electron chi connectivity index (χ1n) is 7.64. The van der Waals surface area contributed by atoms with Gasteiger partial charge in [0.25, 0.3) is 0 Å². The number of nitrogens with two attached hydrogens (primary N) is 1. The van der Waals surface area contributed by atoms with Crippen molar-refractivity contribution in [2.45, 2.75) is 25.4 Å². The van der Waals surface area contributed by atoms with Gasteiger partial charge in [0.1, 0.15) is 6.54 Å². The summed E-state index contributed by atoms with van der Waals surface area (Å²) in [6.45, 7) is 4.27. The maximum Gasteiger partial charge on any atom is 0.407 e. The van der Waals surface area contributed by atoms with Crippen LogP contribution < -0.4 is 16.0 Å². The minimum atomic E-state index is -4.93. The topological polar surface area (TPSA) is 102 Å². The molecule has 2 aromatic rings. The number of hydrogen-bond donors (Lipinski definition) is 2. The second-order valence-corrected chi connectivity index (χ2v) is 5.60. The number of carbonyl (C=O) groups is 1. The zero-order chi connectivity index (χ0) is 21.8. The second kappa shape index (κ2) is 8.25. The molecule has 8 nitrogen and oxygen atoms in total. The van der Waals surface area contributed by atoms with Gasteiger partial charge < -0.3 is 20.5 Å². The molecule has 0 aliphatic rings. The van der Waals surface area contributed by atoms with E-state index in [0.717, 1.165) is 12.1 Å². The van der Waals surface area contributed by atoms with E-state index in [1.54, 1.807) is 0 Å². The standard InChI is InChI=1S/C15H12F6N6O2/c1-23-10-3-2-8(4-9(10)15(19,20)21)27(7-14(16,17)18)6-11-25-12(29-26-11)5-24-13(22)28/h2-4H,5-7H2,(H3,22,24,28). The summed E-state index contributed by atoms with van der Waals surface area (Å²) >= 11 is 0. The highest BCUT2D eigenvalue weighted by Gasteiger charge is 2.36. The number of primary amides is 1. The third-order valence-electron chi connectivity index (χ3n) is 3.40. The fourth-order valence-corrected chi connectivity index (χ4v) is 2.26. The summed E-state index contributed by atoms with van der Waals surface area (Å²) in [4.78, 5) is 17.7. The molecule has 0 bridgehead atoms. The molecule has 0 saturated heterocycles. The Kier molecular flexibility index (Phi) is 6.20. The summed E-state index contributed by atoms with van der Waals surface area (Å²) in [6, 6.07) is 1.30. The average Bonchev–Trinajstić information content (AvgIpc) is 3.04. The molecule has 2 rings (SSSR count). The summed E-state index contributed by atoms with van der Waals surface area (Å²) in [6.07, 6.45) is -9.68. The third-order valence-corrected chi connectivity index (χ3v) is 3.40. The molecule has 1 heterocycles. The number of alkyl halides is 6. The van der Waals surface area contributed by atoms with E-state index < -0.39 is 48.4 Å². The monoisotopic (exact) mass is 422 g/mol. The van der Waals surface area contributed by atoms with Crippen molar-refractivity contribution >= 4 is 17.4 Å². The van der Waals surface area contributed by atoms with Crippen molar-refractivity contribution in [1.82, 2.24) is 15.5 Å². The van der Waals surface area contributed by atoms with Gasteiger partial charge in [-0.25, -0.2) is 9.64 Å². The quantitative estimate of drug-likeness (QED) is 0.549. The first-order chi connectivity index (χ1) is 13.4. The van der Waals surface area contributed by atoms with Crippen molar-refractivity contribution in [3.05, 3.63) is 46.9 Å². The van der Waals surface area contributed by atoms with E-state index in [-0.39, 0.29) is 18.3 Å². The molecular weight excluding hydrogens is 410 g/mol. The van der Waals surface area contributed by atoms with Gasteiger partial charge in [-0.2, -0.15) is 31.3 Å². The van der Waals surface area contributed by atoms with Crippen molar-refractivity contribution in [2.75, 3.05) is 11.4 Å². The lowest BCUT2D eigenvalue weighted by Crippen LogP contribution is -2.34. The van der Waals surface area contributed by atoms with Crippen LogP contribution in [0.5, 0.6) is 0 Å². The Morgan fingerprint density at radius 1 is 1.28 bits per heavy atom. The number of amides is 2. The number of aromatic nitrogens is 2. The van der Waals surface area contributed by atoms with E-state index in [2.05, 4.69) is 20.3 Å². The van der Waals surface area contributed by atoms with Gasteiger partial charge >= 0.3 is 18.4 Å². The molecular formula is C15H12F6N6O2. The number of hydrogen-bond acceptors (Lipinski definition) is 5. The summed E-state index contributed by atoms with van der Waals surface area (Å²) in [5.41, 5.74) is 2.31. The summed E-state index contributed by atoms with van der Waals surface area (Å²) in [5, 5.41) is 5.57. The van der Waals surface area contributed by atoms with Crippen LogP contribution in [0, 0.1) is 6.57 Å². The Bertz CT molecular complexity index is 917. The van der Waals surface area contributed by atoms with Crippen LogP contribution in [-0.4, -0.2) is 28.9 Å². The number of nitrogens with zero attached hydrogens (tertiary/aromatic N) is 4. The lowest BCUT2D eigenvalue weighted by Gasteiger charge is -2.25. The van der Waals surface area contributed by atoms with Crippen LogP contribution >= 0.6 is 0 Å². The molecule has 0 radical (unpaired) electrons. The molecule has 0 unspecified atom stereocenters. The number of rotatable bonds is 6. The van der Waals surface area contributed by atoms with Crippen LogP contribution in [0.1, 0.15) is 17.3 Å². The largest absolute Gasteiger partial charge is 0.407 e. The van der Waals surface area contributed by atoms with E-state index in [1.807, 2.05) is 0 Å². The van der Waals surface area contributed by atoms with Crippen LogP contribution in [-0.2, 0) is 19.3 Å². The SMILES string of the molecule is [C-]#[N+]c1ccc(N(Cc2noc(CNC(N)=O)n2)CC(F)(F)F)cc1C(F)(F)F. The highest BCUT2D eigenvalue weighted by molar-refractivity contribution is 5.71. The average molecular weight is 422 g/mol. The fourth-order valence-electron chi connectivity index (χ4n) is 2.26. The number of carbonyl (C=O) groups excluding carboxylic acids is 1. The maximum absolute atomic E-state index is 13.1. The van der Waals surface area contributed by atoms with Crippen LogP contribution in [0.4, 0.5) is 42.5 Å². The summed E-state index contributed by atoms with van der Waals surface area (Å²) < 4.78 is 83.0. The zero-order valence-corrected chi connectivity index (χ0v) is 14.3. The molecule has 2 amide bonds. The maximum atomic E-state index is 13.1. The molecule has 1 aromatic heterocycles.